The molecule has 2 N–H and O–H groups in total. The monoisotopic (exact) mass is 331 g/mol. The molecule has 1 aromatic carbocycles. The van der Waals surface area contributed by atoms with Gasteiger partial charge in [-0.15, -0.1) is 0 Å². The minimum Gasteiger partial charge on any atom is -0.351 e. The number of ketones is 1. The van der Waals surface area contributed by atoms with E-state index < -0.39 is 0 Å². The number of nitrogens with zero attached hydrogens (tertiary/aromatic N) is 3. The summed E-state index contributed by atoms with van der Waals surface area (Å²) in [5, 5.41) is 1.03. The summed E-state index contributed by atoms with van der Waals surface area (Å²) in [7, 11) is 0. The number of Topliss-reactive ketones (excluding diaryl/α,β-unsaturated/α-hetero) is 1. The van der Waals surface area contributed by atoms with E-state index in [-0.39, 0.29) is 5.78 Å². The molecule has 0 radical (unpaired) electrons. The predicted molar refractivity (Wildman–Crippen MR) is 96.9 cm³/mol. The largest absolute Gasteiger partial charge is 0.351 e. The van der Waals surface area contributed by atoms with Gasteiger partial charge in [-0.1, -0.05) is 24.3 Å². The highest BCUT2D eigenvalue weighted by Crippen LogP contribution is 2.22. The number of rotatable bonds is 0. The van der Waals surface area contributed by atoms with Gasteiger partial charge in [0.25, 0.3) is 0 Å². The predicted octanol–water partition coefficient (Wildman–Crippen LogP) is 3.65. The lowest BCUT2D eigenvalue weighted by atomic mass is 9.99. The molecule has 0 amide bonds. The maximum Gasteiger partial charge on any atom is 0.168 e. The molecule has 0 unspecified atom stereocenters. The second-order valence-corrected chi connectivity index (χ2v) is 5.16. The third kappa shape index (κ3) is 4.48. The number of fused-ring (bicyclic) bond motifs is 2. The molecule has 5 rings (SSSR count). The van der Waals surface area contributed by atoms with Crippen LogP contribution >= 0.6 is 0 Å². The zero-order chi connectivity index (χ0) is 17.3. The van der Waals surface area contributed by atoms with Gasteiger partial charge in [0.1, 0.15) is 0 Å². The summed E-state index contributed by atoms with van der Waals surface area (Å²) in [5.74, 6) is 0.158. The summed E-state index contributed by atoms with van der Waals surface area (Å²) < 4.78 is 0. The van der Waals surface area contributed by atoms with Crippen LogP contribution in [0.1, 0.15) is 22.5 Å². The number of hydrogen-bond donors (Lipinski definition) is 2. The van der Waals surface area contributed by atoms with Crippen LogP contribution in [0.4, 0.5) is 0 Å². The lowest BCUT2D eigenvalue weighted by molar-refractivity contribution is 0.0994. The Balaban J connectivity index is 0.000000148. The molecule has 0 spiro atoms. The number of H-pyrrole nitrogens is 2. The second-order valence-electron chi connectivity index (χ2n) is 5.16. The molecular formula is C19H17N5O. The van der Waals surface area contributed by atoms with E-state index in [1.807, 2.05) is 42.5 Å². The number of aromatic nitrogens is 5. The number of hydrogen-bond acceptors (Lipinski definition) is 4. The Morgan fingerprint density at radius 3 is 2.28 bits per heavy atom. The summed E-state index contributed by atoms with van der Waals surface area (Å²) in [6, 6.07) is 9.79. The number of carbonyl (C=O) groups excluding carboxylic acids is 1. The Kier molecular flexibility index (Phi) is 5.45. The van der Waals surface area contributed by atoms with Gasteiger partial charge in [-0.2, -0.15) is 0 Å². The Labute approximate surface area is 144 Å². The maximum absolute atomic E-state index is 11.6. The number of benzene rings is 1. The molecule has 0 saturated carbocycles. The molecule has 0 aliphatic heterocycles. The van der Waals surface area contributed by atoms with Gasteiger partial charge in [0.2, 0.25) is 0 Å². The van der Waals surface area contributed by atoms with Crippen molar-refractivity contribution in [3.63, 3.8) is 0 Å². The van der Waals surface area contributed by atoms with Crippen molar-refractivity contribution < 1.29 is 4.79 Å². The van der Waals surface area contributed by atoms with Gasteiger partial charge in [0.15, 0.2) is 5.78 Å². The van der Waals surface area contributed by atoms with E-state index in [1.54, 1.807) is 37.4 Å². The fourth-order valence-electron chi connectivity index (χ4n) is 2.30. The van der Waals surface area contributed by atoms with Gasteiger partial charge in [-0.3, -0.25) is 4.79 Å². The van der Waals surface area contributed by atoms with Crippen molar-refractivity contribution in [1.82, 2.24) is 24.9 Å². The lowest BCUT2D eigenvalue weighted by Crippen LogP contribution is -2.06. The molecule has 0 atom stereocenters. The summed E-state index contributed by atoms with van der Waals surface area (Å²) in [6.45, 7) is 0. The Bertz CT molecular complexity index is 883. The van der Waals surface area contributed by atoms with Gasteiger partial charge in [0, 0.05) is 42.2 Å². The van der Waals surface area contributed by atoms with Gasteiger partial charge >= 0.3 is 0 Å². The van der Waals surface area contributed by atoms with E-state index in [4.69, 9.17) is 0 Å². The van der Waals surface area contributed by atoms with Crippen molar-refractivity contribution in [1.29, 1.82) is 0 Å². The first-order chi connectivity index (χ1) is 12.3. The molecule has 0 saturated heterocycles. The Morgan fingerprint density at radius 1 is 0.960 bits per heavy atom. The molecule has 1 aliphatic rings. The van der Waals surface area contributed by atoms with Crippen LogP contribution in [0.3, 0.4) is 0 Å². The average molecular weight is 331 g/mol. The molecule has 6 heteroatoms. The number of aromatic amines is 2. The van der Waals surface area contributed by atoms with Crippen molar-refractivity contribution >= 4 is 22.8 Å². The van der Waals surface area contributed by atoms with Crippen molar-refractivity contribution in [2.24, 2.45) is 0 Å². The van der Waals surface area contributed by atoms with Crippen LogP contribution in [0.2, 0.25) is 0 Å². The third-order valence-corrected chi connectivity index (χ3v) is 3.44. The van der Waals surface area contributed by atoms with E-state index in [2.05, 4.69) is 24.9 Å². The number of carbonyl (C=O) groups is 1. The van der Waals surface area contributed by atoms with Crippen LogP contribution in [-0.2, 0) is 0 Å². The normalized spacial score (nSPS) is 11.8. The SMILES string of the molecule is O=C1CC=Cc2nc3ccccc3cc21.c1c[nH]cn1.c1c[nH]cn1. The highest BCUT2D eigenvalue weighted by Gasteiger charge is 2.14. The van der Waals surface area contributed by atoms with E-state index in [0.717, 1.165) is 22.2 Å². The lowest BCUT2D eigenvalue weighted by Gasteiger charge is -2.09. The fourth-order valence-corrected chi connectivity index (χ4v) is 2.30. The summed E-state index contributed by atoms with van der Waals surface area (Å²) in [5.41, 5.74) is 2.48. The molecule has 0 bridgehead atoms. The average Bonchev–Trinajstić information content (AvgIpc) is 3.39. The van der Waals surface area contributed by atoms with E-state index in [1.165, 1.54) is 0 Å². The summed E-state index contributed by atoms with van der Waals surface area (Å²) in [6.07, 6.45) is 14.4. The van der Waals surface area contributed by atoms with E-state index in [0.29, 0.717) is 6.42 Å². The molecule has 3 aromatic heterocycles. The standard InChI is InChI=1S/C13H9NO.2C3H4N2/c15-13-7-3-6-12-10(13)8-9-4-1-2-5-11(9)14-12;2*1-2-5-3-4-1/h1-6,8H,7H2;2*1-3H,(H,4,5). The highest BCUT2D eigenvalue weighted by atomic mass is 16.1. The van der Waals surface area contributed by atoms with Gasteiger partial charge in [-0.05, 0) is 18.2 Å². The minimum atomic E-state index is 0.158. The topological polar surface area (TPSA) is 87.3 Å². The maximum atomic E-state index is 11.6. The Morgan fingerprint density at radius 2 is 1.68 bits per heavy atom. The first kappa shape index (κ1) is 16.3. The van der Waals surface area contributed by atoms with Crippen molar-refractivity contribution in [3.05, 3.63) is 85.1 Å². The van der Waals surface area contributed by atoms with Gasteiger partial charge in [0.05, 0.1) is 23.9 Å². The first-order valence-corrected chi connectivity index (χ1v) is 7.79. The first-order valence-electron chi connectivity index (χ1n) is 7.79. The van der Waals surface area contributed by atoms with Crippen LogP contribution in [0.5, 0.6) is 0 Å². The number of imidazole rings is 2. The third-order valence-electron chi connectivity index (χ3n) is 3.44. The smallest absolute Gasteiger partial charge is 0.168 e. The molecule has 4 aromatic rings. The second kappa shape index (κ2) is 8.35. The molecule has 25 heavy (non-hydrogen) atoms. The molecule has 124 valence electrons. The van der Waals surface area contributed by atoms with Crippen molar-refractivity contribution in [2.75, 3.05) is 0 Å². The minimum absolute atomic E-state index is 0.158. The molecule has 6 nitrogen and oxygen atoms in total. The quantitative estimate of drug-likeness (QED) is 0.515. The number of pyridine rings is 1. The molecule has 1 aliphatic carbocycles. The summed E-state index contributed by atoms with van der Waals surface area (Å²) >= 11 is 0. The molecular weight excluding hydrogens is 314 g/mol. The molecule has 3 heterocycles. The highest BCUT2D eigenvalue weighted by molar-refractivity contribution is 6.04. The number of allylic oxidation sites excluding steroid dienone is 1. The van der Waals surface area contributed by atoms with Crippen molar-refractivity contribution in [3.8, 4) is 0 Å². The van der Waals surface area contributed by atoms with Gasteiger partial charge < -0.3 is 9.97 Å². The van der Waals surface area contributed by atoms with E-state index in [9.17, 15) is 4.79 Å². The van der Waals surface area contributed by atoms with E-state index >= 15 is 0 Å². The zero-order valence-electron chi connectivity index (χ0n) is 13.5. The number of nitrogens with one attached hydrogen (secondary N) is 2. The van der Waals surface area contributed by atoms with Crippen LogP contribution < -0.4 is 0 Å². The van der Waals surface area contributed by atoms with Crippen LogP contribution in [0, 0.1) is 0 Å². The fraction of sp³-hybridized carbons (Fsp3) is 0.0526. The van der Waals surface area contributed by atoms with Gasteiger partial charge in [-0.25, -0.2) is 15.0 Å². The molecule has 0 fully saturated rings. The zero-order valence-corrected chi connectivity index (χ0v) is 13.5. The van der Waals surface area contributed by atoms with Crippen LogP contribution in [-0.4, -0.2) is 30.7 Å². The summed E-state index contributed by atoms with van der Waals surface area (Å²) in [4.78, 5) is 28.9. The van der Waals surface area contributed by atoms with Crippen LogP contribution in [0.25, 0.3) is 17.0 Å². The van der Waals surface area contributed by atoms with Crippen LogP contribution in [0.15, 0.2) is 73.8 Å². The van der Waals surface area contributed by atoms with Crippen molar-refractivity contribution in [2.45, 2.75) is 6.42 Å². The number of para-hydroxylation sites is 1. The Hall–Kier alpha value is -3.54.